The molecule has 1 aliphatic carbocycles. The average molecular weight is 276 g/mol. The molecule has 20 heavy (non-hydrogen) atoms. The van der Waals surface area contributed by atoms with E-state index in [2.05, 4.69) is 16.9 Å². The van der Waals surface area contributed by atoms with Crippen LogP contribution in [-0.2, 0) is 16.0 Å². The smallest absolute Gasteiger partial charge is 0.242 e. The van der Waals surface area contributed by atoms with Crippen LogP contribution in [0.2, 0.25) is 0 Å². The molecule has 106 valence electrons. The first-order valence-electron chi connectivity index (χ1n) is 6.62. The number of carbonyl (C=O) groups excluding carboxylic acids is 2. The molecule has 0 radical (unpaired) electrons. The first-order chi connectivity index (χ1) is 9.63. The molecule has 1 aliphatic rings. The minimum absolute atomic E-state index is 0.101. The third-order valence-electron chi connectivity index (χ3n) is 3.18. The Labute approximate surface area is 117 Å². The first kappa shape index (κ1) is 14.2. The fourth-order valence-corrected chi connectivity index (χ4v) is 2.13. The van der Waals surface area contributed by atoms with Gasteiger partial charge in [0, 0.05) is 6.42 Å². The van der Waals surface area contributed by atoms with E-state index in [0.29, 0.717) is 12.0 Å². The number of amides is 2. The summed E-state index contributed by atoms with van der Waals surface area (Å²) in [5.41, 5.74) is 5.45. The summed E-state index contributed by atoms with van der Waals surface area (Å²) in [5, 5.41) is 0. The Kier molecular flexibility index (Phi) is 4.87. The normalized spacial score (nSPS) is 16.9. The van der Waals surface area contributed by atoms with E-state index in [4.69, 9.17) is 0 Å². The number of hydrogen-bond donors (Lipinski definition) is 2. The van der Waals surface area contributed by atoms with Crippen LogP contribution in [-0.4, -0.2) is 11.8 Å². The number of nitrogens with one attached hydrogen (secondary N) is 2. The van der Waals surface area contributed by atoms with Crippen LogP contribution >= 0.6 is 0 Å². The Morgan fingerprint density at radius 3 is 2.50 bits per heavy atom. The Bertz CT molecular complexity index is 511. The van der Waals surface area contributed by atoms with Crippen LogP contribution in [0.1, 0.15) is 24.8 Å². The maximum absolute atomic E-state index is 12.7. The van der Waals surface area contributed by atoms with E-state index in [9.17, 15) is 14.0 Å². The zero-order chi connectivity index (χ0) is 14.4. The van der Waals surface area contributed by atoms with Crippen molar-refractivity contribution in [2.75, 3.05) is 0 Å². The fourth-order valence-electron chi connectivity index (χ4n) is 2.13. The monoisotopic (exact) mass is 276 g/mol. The molecule has 0 bridgehead atoms. The van der Waals surface area contributed by atoms with Gasteiger partial charge in [-0.3, -0.25) is 20.4 Å². The van der Waals surface area contributed by atoms with Crippen molar-refractivity contribution in [2.45, 2.75) is 25.7 Å². The number of hydrazine groups is 1. The fraction of sp³-hybridized carbons (Fsp3) is 0.333. The highest BCUT2D eigenvalue weighted by Gasteiger charge is 2.14. The molecule has 1 unspecified atom stereocenters. The molecule has 1 aromatic carbocycles. The highest BCUT2D eigenvalue weighted by Crippen LogP contribution is 2.19. The topological polar surface area (TPSA) is 58.2 Å². The Hall–Kier alpha value is -2.17. The molecule has 0 heterocycles. The highest BCUT2D eigenvalue weighted by atomic mass is 19.1. The Morgan fingerprint density at radius 2 is 1.85 bits per heavy atom. The summed E-state index contributed by atoms with van der Waals surface area (Å²) >= 11 is 0. The summed E-state index contributed by atoms with van der Waals surface area (Å²) in [5.74, 6) is -0.600. The molecule has 2 N–H and O–H groups in total. The van der Waals surface area contributed by atoms with Crippen molar-refractivity contribution in [2.24, 2.45) is 5.92 Å². The van der Waals surface area contributed by atoms with Crippen molar-refractivity contribution in [1.29, 1.82) is 0 Å². The van der Waals surface area contributed by atoms with E-state index in [1.807, 2.05) is 6.08 Å². The molecule has 0 saturated carbocycles. The number of hydrogen-bond acceptors (Lipinski definition) is 2. The predicted octanol–water partition coefficient (Wildman–Crippen LogP) is 1.87. The van der Waals surface area contributed by atoms with E-state index in [-0.39, 0.29) is 30.0 Å². The molecule has 4 nitrogen and oxygen atoms in total. The van der Waals surface area contributed by atoms with Gasteiger partial charge in [-0.15, -0.1) is 0 Å². The van der Waals surface area contributed by atoms with Gasteiger partial charge in [-0.2, -0.15) is 0 Å². The van der Waals surface area contributed by atoms with E-state index in [1.165, 1.54) is 12.1 Å². The second kappa shape index (κ2) is 6.84. The number of allylic oxidation sites excluding steroid dienone is 2. The van der Waals surface area contributed by atoms with Gasteiger partial charge in [-0.1, -0.05) is 24.3 Å². The standard InChI is InChI=1S/C15H17FN2O2/c16-13-7-5-12(6-8-13)10-15(20)18-17-14(19)9-11-3-1-2-4-11/h1,3,5-8,11H,2,4,9-10H2,(H,17,19)(H,18,20). The lowest BCUT2D eigenvalue weighted by molar-refractivity contribution is -0.128. The van der Waals surface area contributed by atoms with Crippen molar-refractivity contribution in [3.05, 3.63) is 47.8 Å². The van der Waals surface area contributed by atoms with E-state index < -0.39 is 0 Å². The van der Waals surface area contributed by atoms with E-state index >= 15 is 0 Å². The summed E-state index contributed by atoms with van der Waals surface area (Å²) in [6.45, 7) is 0. The summed E-state index contributed by atoms with van der Waals surface area (Å²) < 4.78 is 12.7. The van der Waals surface area contributed by atoms with Gasteiger partial charge < -0.3 is 0 Å². The molecule has 2 amide bonds. The zero-order valence-electron chi connectivity index (χ0n) is 11.1. The third kappa shape index (κ3) is 4.50. The molecule has 5 heteroatoms. The van der Waals surface area contributed by atoms with Crippen LogP contribution in [0.25, 0.3) is 0 Å². The largest absolute Gasteiger partial charge is 0.273 e. The molecule has 0 aliphatic heterocycles. The van der Waals surface area contributed by atoms with Crippen LogP contribution in [0.15, 0.2) is 36.4 Å². The van der Waals surface area contributed by atoms with Gasteiger partial charge in [-0.25, -0.2) is 4.39 Å². The quantitative estimate of drug-likeness (QED) is 0.651. The summed E-state index contributed by atoms with van der Waals surface area (Å²) in [4.78, 5) is 23.2. The van der Waals surface area contributed by atoms with Crippen LogP contribution < -0.4 is 10.9 Å². The van der Waals surface area contributed by atoms with Gasteiger partial charge in [0.05, 0.1) is 6.42 Å². The van der Waals surface area contributed by atoms with Crippen molar-refractivity contribution >= 4 is 11.8 Å². The molecule has 1 aromatic rings. The van der Waals surface area contributed by atoms with Gasteiger partial charge in [0.1, 0.15) is 5.82 Å². The molecule has 2 rings (SSSR count). The number of benzene rings is 1. The lowest BCUT2D eigenvalue weighted by Gasteiger charge is -2.10. The van der Waals surface area contributed by atoms with Crippen LogP contribution in [0.4, 0.5) is 4.39 Å². The van der Waals surface area contributed by atoms with Crippen molar-refractivity contribution < 1.29 is 14.0 Å². The maximum Gasteiger partial charge on any atom is 0.242 e. The summed E-state index contributed by atoms with van der Waals surface area (Å²) in [6.07, 6.45) is 6.56. The minimum atomic E-state index is -0.341. The molecular formula is C15H17FN2O2. The minimum Gasteiger partial charge on any atom is -0.273 e. The molecule has 0 saturated heterocycles. The summed E-state index contributed by atoms with van der Waals surface area (Å²) in [6, 6.07) is 5.68. The Morgan fingerprint density at radius 1 is 1.15 bits per heavy atom. The third-order valence-corrected chi connectivity index (χ3v) is 3.18. The second-order valence-electron chi connectivity index (χ2n) is 4.87. The van der Waals surface area contributed by atoms with Gasteiger partial charge in [0.15, 0.2) is 0 Å². The van der Waals surface area contributed by atoms with Crippen molar-refractivity contribution in [3.63, 3.8) is 0 Å². The predicted molar refractivity (Wildman–Crippen MR) is 72.9 cm³/mol. The van der Waals surface area contributed by atoms with Gasteiger partial charge in [0.2, 0.25) is 11.8 Å². The maximum atomic E-state index is 12.7. The number of carbonyl (C=O) groups is 2. The zero-order valence-corrected chi connectivity index (χ0v) is 11.1. The van der Waals surface area contributed by atoms with Crippen molar-refractivity contribution in [3.8, 4) is 0 Å². The van der Waals surface area contributed by atoms with Gasteiger partial charge >= 0.3 is 0 Å². The van der Waals surface area contributed by atoms with Crippen LogP contribution in [0.3, 0.4) is 0 Å². The molecule has 0 aromatic heterocycles. The Balaban J connectivity index is 1.70. The molecule has 0 fully saturated rings. The second-order valence-corrected chi connectivity index (χ2v) is 4.87. The summed E-state index contributed by atoms with van der Waals surface area (Å²) in [7, 11) is 0. The van der Waals surface area contributed by atoms with Crippen LogP contribution in [0.5, 0.6) is 0 Å². The lowest BCUT2D eigenvalue weighted by atomic mass is 10.1. The average Bonchev–Trinajstić information content (AvgIpc) is 2.92. The molecular weight excluding hydrogens is 259 g/mol. The SMILES string of the molecule is O=C(Cc1ccc(F)cc1)NNC(=O)CC1C=CCC1. The highest BCUT2D eigenvalue weighted by molar-refractivity contribution is 5.83. The molecule has 0 spiro atoms. The lowest BCUT2D eigenvalue weighted by Crippen LogP contribution is -2.42. The number of rotatable bonds is 4. The first-order valence-corrected chi connectivity index (χ1v) is 6.62. The number of halogens is 1. The van der Waals surface area contributed by atoms with E-state index in [0.717, 1.165) is 12.8 Å². The van der Waals surface area contributed by atoms with Gasteiger partial charge in [-0.05, 0) is 36.5 Å². The van der Waals surface area contributed by atoms with Crippen molar-refractivity contribution in [1.82, 2.24) is 10.9 Å². The molecule has 1 atom stereocenters. The van der Waals surface area contributed by atoms with E-state index in [1.54, 1.807) is 12.1 Å². The van der Waals surface area contributed by atoms with Crippen LogP contribution in [0, 0.1) is 11.7 Å². The van der Waals surface area contributed by atoms with Gasteiger partial charge in [0.25, 0.3) is 0 Å².